The first kappa shape index (κ1) is 28.2. The van der Waals surface area contributed by atoms with Gasteiger partial charge in [0, 0.05) is 10.9 Å². The van der Waals surface area contributed by atoms with Crippen LogP contribution in [0.1, 0.15) is 77.6 Å². The maximum absolute atomic E-state index is 6.94. The lowest BCUT2D eigenvalue weighted by molar-refractivity contribution is 0.00578. The van der Waals surface area contributed by atoms with Gasteiger partial charge in [0.15, 0.2) is 0 Å². The average Bonchev–Trinajstić information content (AvgIpc) is 3.62. The fraction of sp³-hybridized carbons (Fsp3) is 0.455. The summed E-state index contributed by atoms with van der Waals surface area (Å²) in [6.07, 6.45) is 1.47. The molecule has 0 amide bonds. The summed E-state index contributed by atoms with van der Waals surface area (Å²) in [5.41, 5.74) is 6.49. The Morgan fingerprint density at radius 1 is 0.767 bits per heavy atom. The zero-order valence-electron chi connectivity index (χ0n) is 26.0. The van der Waals surface area contributed by atoms with Gasteiger partial charge in [-0.2, -0.15) is 0 Å². The minimum Gasteiger partial charge on any atom is -0.464 e. The van der Waals surface area contributed by atoms with Crippen LogP contribution >= 0.6 is 22.9 Å². The predicted molar refractivity (Wildman–Crippen MR) is 174 cm³/mol. The van der Waals surface area contributed by atoms with Gasteiger partial charge in [-0.1, -0.05) is 29.8 Å². The average molecular weight is 616 g/mol. The lowest BCUT2D eigenvalue weighted by Crippen LogP contribution is -2.41. The van der Waals surface area contributed by atoms with Crippen molar-refractivity contribution in [2.75, 3.05) is 0 Å². The number of aryl methyl sites for hydroxylation is 2. The highest BCUT2D eigenvalue weighted by Crippen LogP contribution is 2.51. The van der Waals surface area contributed by atoms with Crippen molar-refractivity contribution in [3.05, 3.63) is 62.8 Å². The first-order valence-electron chi connectivity index (χ1n) is 15.1. The smallest absolute Gasteiger partial charge is 0.464 e. The van der Waals surface area contributed by atoms with Crippen LogP contribution in [0.15, 0.2) is 42.5 Å². The van der Waals surface area contributed by atoms with Crippen molar-refractivity contribution in [2.24, 2.45) is 0 Å². The van der Waals surface area contributed by atoms with Gasteiger partial charge in [-0.05, 0) is 115 Å². The minimum absolute atomic E-state index is 0.349. The van der Waals surface area contributed by atoms with Crippen LogP contribution < -0.4 is 15.7 Å². The molecule has 0 N–H and O–H groups in total. The Kier molecular flexibility index (Phi) is 5.86. The van der Waals surface area contributed by atoms with Crippen molar-refractivity contribution in [2.45, 2.75) is 96.9 Å². The van der Waals surface area contributed by atoms with E-state index < -0.39 is 36.6 Å². The van der Waals surface area contributed by atoms with Crippen LogP contribution in [-0.4, -0.2) is 41.2 Å². The van der Waals surface area contributed by atoms with Crippen LogP contribution in [0.3, 0.4) is 0 Å². The van der Waals surface area contributed by atoms with E-state index in [1.165, 1.54) is 22.2 Å². The molecule has 0 spiro atoms. The summed E-state index contributed by atoms with van der Waals surface area (Å²) >= 11 is 8.02. The van der Waals surface area contributed by atoms with Gasteiger partial charge in [0.2, 0.25) is 6.23 Å². The molecule has 0 bridgehead atoms. The summed E-state index contributed by atoms with van der Waals surface area (Å²) in [6.45, 7) is 16.7. The molecule has 2 saturated heterocycles. The summed E-state index contributed by atoms with van der Waals surface area (Å²) < 4.78 is 35.8. The summed E-state index contributed by atoms with van der Waals surface area (Å²) in [6, 6.07) is 15.0. The fourth-order valence-corrected chi connectivity index (χ4v) is 7.82. The van der Waals surface area contributed by atoms with E-state index >= 15 is 0 Å². The van der Waals surface area contributed by atoms with E-state index in [1.807, 2.05) is 6.07 Å². The predicted octanol–water partition coefficient (Wildman–Crippen LogP) is 6.66. The SMILES string of the molecule is CC1(C)OB(c2cc3c4c(c2)OC(c2ccc(Cl)s2)n2c-4c(c4cc(B5OC(C)(C)C(C)(C)O5)ccc42)CC3)OC1(C)C. The molecule has 3 aliphatic heterocycles. The molecular weight excluding hydrogens is 580 g/mol. The summed E-state index contributed by atoms with van der Waals surface area (Å²) in [5, 5.41) is 1.21. The van der Waals surface area contributed by atoms with E-state index in [0.717, 1.165) is 49.8 Å². The number of nitrogens with zero attached hydrogens (tertiary/aromatic N) is 1. The summed E-state index contributed by atoms with van der Waals surface area (Å²) in [4.78, 5) is 1.05. The molecule has 2 aromatic heterocycles. The summed E-state index contributed by atoms with van der Waals surface area (Å²) in [7, 11) is -0.878. The number of hydrogen-bond donors (Lipinski definition) is 0. The van der Waals surface area contributed by atoms with Crippen LogP contribution in [0.2, 0.25) is 4.34 Å². The number of hydrogen-bond acceptors (Lipinski definition) is 6. The van der Waals surface area contributed by atoms with E-state index in [9.17, 15) is 0 Å². The highest BCUT2D eigenvalue weighted by Gasteiger charge is 2.53. The van der Waals surface area contributed by atoms with Crippen LogP contribution in [0.25, 0.3) is 22.2 Å². The molecule has 1 atom stereocenters. The van der Waals surface area contributed by atoms with E-state index in [2.05, 4.69) is 96.4 Å². The maximum atomic E-state index is 6.94. The van der Waals surface area contributed by atoms with Crippen molar-refractivity contribution < 1.29 is 23.4 Å². The van der Waals surface area contributed by atoms with Crippen molar-refractivity contribution in [1.82, 2.24) is 4.57 Å². The molecule has 222 valence electrons. The molecule has 1 unspecified atom stereocenters. The van der Waals surface area contributed by atoms with Crippen molar-refractivity contribution in [3.8, 4) is 17.0 Å². The van der Waals surface area contributed by atoms with Crippen molar-refractivity contribution in [1.29, 1.82) is 0 Å². The first-order chi connectivity index (χ1) is 20.2. The molecule has 2 fully saturated rings. The molecule has 5 heterocycles. The molecule has 43 heavy (non-hydrogen) atoms. The third-order valence-electron chi connectivity index (χ3n) is 10.6. The van der Waals surface area contributed by atoms with Crippen LogP contribution in [0.4, 0.5) is 0 Å². The van der Waals surface area contributed by atoms with Crippen LogP contribution in [-0.2, 0) is 31.5 Å². The van der Waals surface area contributed by atoms with Gasteiger partial charge in [-0.25, -0.2) is 0 Å². The standard InChI is InChI=1S/C33H36B2ClNO5S/c1-30(2)31(3,4)40-34(39-30)19-10-12-23-22(16-19)21-11-9-18-15-20(35-41-32(5,6)33(7,8)42-35)17-24-27(18)28(21)37(23)29(38-24)25-13-14-26(36)43-25/h10,12-17,29H,9,11H2,1-8H3. The van der Waals surface area contributed by atoms with Gasteiger partial charge >= 0.3 is 14.2 Å². The van der Waals surface area contributed by atoms with Gasteiger partial charge in [0.05, 0.1) is 42.8 Å². The normalized spacial score (nSPS) is 24.0. The fourth-order valence-electron chi connectivity index (χ4n) is 6.74. The second-order valence-electron chi connectivity index (χ2n) is 14.3. The Balaban J connectivity index is 1.30. The molecular formula is C33H36B2ClNO5S. The molecule has 2 aromatic carbocycles. The van der Waals surface area contributed by atoms with Crippen molar-refractivity contribution >= 4 is 59.0 Å². The molecule has 6 nitrogen and oxygen atoms in total. The Morgan fingerprint density at radius 3 is 2.00 bits per heavy atom. The third-order valence-corrected chi connectivity index (χ3v) is 11.8. The Labute approximate surface area is 262 Å². The topological polar surface area (TPSA) is 51.1 Å². The van der Waals surface area contributed by atoms with Gasteiger partial charge in [0.1, 0.15) is 5.75 Å². The molecule has 1 aliphatic carbocycles. The quantitative estimate of drug-likeness (QED) is 0.241. The van der Waals surface area contributed by atoms with Crippen LogP contribution in [0, 0.1) is 0 Å². The molecule has 0 radical (unpaired) electrons. The number of fused-ring (bicyclic) bond motifs is 3. The van der Waals surface area contributed by atoms with E-state index in [1.54, 1.807) is 11.3 Å². The van der Waals surface area contributed by atoms with Crippen molar-refractivity contribution in [3.63, 3.8) is 0 Å². The zero-order valence-corrected chi connectivity index (χ0v) is 27.5. The third kappa shape index (κ3) is 4.01. The number of aromatic nitrogens is 1. The van der Waals surface area contributed by atoms with Crippen LogP contribution in [0.5, 0.6) is 5.75 Å². The van der Waals surface area contributed by atoms with E-state index in [-0.39, 0.29) is 6.23 Å². The number of halogens is 1. The first-order valence-corrected chi connectivity index (χ1v) is 16.3. The maximum Gasteiger partial charge on any atom is 0.494 e. The number of rotatable bonds is 3. The van der Waals surface area contributed by atoms with Gasteiger partial charge in [0.25, 0.3) is 0 Å². The minimum atomic E-state index is -0.457. The van der Waals surface area contributed by atoms with E-state index in [0.29, 0.717) is 0 Å². The number of thiophene rings is 1. The Bertz CT molecular complexity index is 1790. The Morgan fingerprint density at radius 2 is 1.40 bits per heavy atom. The molecule has 8 rings (SSSR count). The zero-order chi connectivity index (χ0) is 30.3. The number of ether oxygens (including phenoxy) is 1. The van der Waals surface area contributed by atoms with E-state index in [4.69, 9.17) is 35.0 Å². The lowest BCUT2D eigenvalue weighted by atomic mass is 9.75. The number of benzene rings is 2. The molecule has 0 saturated carbocycles. The van der Waals surface area contributed by atoms with Gasteiger partial charge in [-0.15, -0.1) is 11.3 Å². The van der Waals surface area contributed by atoms with Gasteiger partial charge < -0.3 is 23.4 Å². The second kappa shape index (κ2) is 8.93. The molecule has 10 heteroatoms. The largest absolute Gasteiger partial charge is 0.494 e. The Hall–Kier alpha value is -2.26. The second-order valence-corrected chi connectivity index (χ2v) is 16.1. The monoisotopic (exact) mass is 615 g/mol. The summed E-state index contributed by atoms with van der Waals surface area (Å²) in [5.74, 6) is 0.860. The van der Waals surface area contributed by atoms with Gasteiger partial charge in [-0.3, -0.25) is 4.57 Å². The lowest BCUT2D eigenvalue weighted by Gasteiger charge is -2.33. The highest BCUT2D eigenvalue weighted by atomic mass is 35.5. The molecule has 4 aromatic rings. The molecule has 4 aliphatic rings. The highest BCUT2D eigenvalue weighted by molar-refractivity contribution is 7.16.